The molecule has 36 heavy (non-hydrogen) atoms. The first kappa shape index (κ1) is 25.2. The molecule has 0 saturated carbocycles. The zero-order valence-corrected chi connectivity index (χ0v) is 21.2. The number of unbranched alkanes of at least 4 members (excludes halogenated alkanes) is 1. The number of nitrogens with zero attached hydrogens (tertiary/aromatic N) is 2. The number of carbonyl (C=O) groups is 1. The molecule has 0 aliphatic carbocycles. The number of rotatable bonds is 9. The van der Waals surface area contributed by atoms with E-state index >= 15 is 0 Å². The van der Waals surface area contributed by atoms with Gasteiger partial charge in [0.2, 0.25) is 0 Å². The molecule has 3 aromatic carbocycles. The summed E-state index contributed by atoms with van der Waals surface area (Å²) in [7, 11) is 0. The number of nitriles is 1. The van der Waals surface area contributed by atoms with Crippen molar-refractivity contribution in [2.24, 2.45) is 0 Å². The number of ether oxygens (including phenoxy) is 1. The van der Waals surface area contributed by atoms with E-state index in [1.807, 2.05) is 54.6 Å². The number of carbonyl (C=O) groups excluding carboxylic acids is 1. The van der Waals surface area contributed by atoms with Crippen LogP contribution in [-0.4, -0.2) is 22.8 Å². The maximum atomic E-state index is 12.2. The molecule has 0 aliphatic rings. The second-order valence-corrected chi connectivity index (χ2v) is 8.96. The highest BCUT2D eigenvalue weighted by molar-refractivity contribution is 6.33. The van der Waals surface area contributed by atoms with Crippen molar-refractivity contribution < 1.29 is 9.53 Å². The fraction of sp³-hybridized carbons (Fsp3) is 0.233. The van der Waals surface area contributed by atoms with Crippen LogP contribution in [0.25, 0.3) is 22.3 Å². The Hall–Kier alpha value is -3.88. The zero-order chi connectivity index (χ0) is 25.5. The first-order valence-corrected chi connectivity index (χ1v) is 12.6. The average molecular weight is 498 g/mol. The number of hydrogen-bond acceptors (Lipinski definition) is 4. The van der Waals surface area contributed by atoms with Crippen LogP contribution in [0.15, 0.2) is 66.7 Å². The van der Waals surface area contributed by atoms with Gasteiger partial charge in [-0.15, -0.1) is 0 Å². The lowest BCUT2D eigenvalue weighted by atomic mass is 9.82. The van der Waals surface area contributed by atoms with E-state index in [0.29, 0.717) is 17.0 Å². The molecular weight excluding hydrogens is 470 g/mol. The fourth-order valence-electron chi connectivity index (χ4n) is 4.45. The van der Waals surface area contributed by atoms with Gasteiger partial charge in [-0.2, -0.15) is 10.4 Å². The number of hydrogen-bond donors (Lipinski definition) is 1. The summed E-state index contributed by atoms with van der Waals surface area (Å²) in [5.41, 5.74) is 7.24. The zero-order valence-electron chi connectivity index (χ0n) is 20.5. The summed E-state index contributed by atoms with van der Waals surface area (Å²) in [4.78, 5) is 12.2. The number of esters is 1. The van der Waals surface area contributed by atoms with Crippen LogP contribution in [-0.2, 0) is 17.6 Å². The molecule has 0 amide bonds. The van der Waals surface area contributed by atoms with Gasteiger partial charge in [0.15, 0.2) is 5.69 Å². The van der Waals surface area contributed by atoms with Gasteiger partial charge in [0.25, 0.3) is 0 Å². The van der Waals surface area contributed by atoms with Crippen molar-refractivity contribution >= 4 is 17.6 Å². The van der Waals surface area contributed by atoms with Crippen molar-refractivity contribution in [3.63, 3.8) is 0 Å². The number of halogens is 1. The van der Waals surface area contributed by atoms with E-state index in [9.17, 15) is 10.1 Å². The van der Waals surface area contributed by atoms with E-state index in [1.165, 1.54) is 0 Å². The highest BCUT2D eigenvalue weighted by Gasteiger charge is 2.23. The number of aryl methyl sites for hydroxylation is 1. The first-order chi connectivity index (χ1) is 17.6. The number of aromatic nitrogens is 2. The van der Waals surface area contributed by atoms with Gasteiger partial charge in [-0.05, 0) is 54.7 Å². The van der Waals surface area contributed by atoms with Gasteiger partial charge < -0.3 is 4.74 Å². The van der Waals surface area contributed by atoms with Crippen LogP contribution in [0, 0.1) is 11.3 Å². The monoisotopic (exact) mass is 497 g/mol. The first-order valence-electron chi connectivity index (χ1n) is 12.2. The molecule has 0 aliphatic heterocycles. The van der Waals surface area contributed by atoms with Crippen LogP contribution in [0.1, 0.15) is 59.6 Å². The van der Waals surface area contributed by atoms with Crippen molar-refractivity contribution in [3.05, 3.63) is 99.8 Å². The minimum Gasteiger partial charge on any atom is -0.461 e. The molecule has 0 bridgehead atoms. The molecule has 6 heteroatoms. The van der Waals surface area contributed by atoms with Crippen molar-refractivity contribution in [1.82, 2.24) is 10.2 Å². The lowest BCUT2D eigenvalue weighted by Crippen LogP contribution is -2.05. The Labute approximate surface area is 216 Å². The number of H-pyrrole nitrogens is 1. The van der Waals surface area contributed by atoms with Crippen molar-refractivity contribution in [1.29, 1.82) is 5.26 Å². The predicted molar refractivity (Wildman–Crippen MR) is 143 cm³/mol. The molecule has 1 aromatic heterocycles. The maximum absolute atomic E-state index is 12.2. The van der Waals surface area contributed by atoms with E-state index in [0.717, 1.165) is 58.3 Å². The summed E-state index contributed by atoms with van der Waals surface area (Å²) in [5.74, 6) is -0.463. The van der Waals surface area contributed by atoms with Gasteiger partial charge in [-0.1, -0.05) is 73.5 Å². The van der Waals surface area contributed by atoms with E-state index < -0.39 is 5.97 Å². The average Bonchev–Trinajstić information content (AvgIpc) is 3.37. The van der Waals surface area contributed by atoms with E-state index in [-0.39, 0.29) is 12.3 Å². The molecule has 5 nitrogen and oxygen atoms in total. The van der Waals surface area contributed by atoms with E-state index in [2.05, 4.69) is 29.3 Å². The number of aromatic amines is 1. The Morgan fingerprint density at radius 3 is 2.50 bits per heavy atom. The molecule has 1 N–H and O–H groups in total. The number of nitrogens with one attached hydrogen (secondary N) is 1. The third-order valence-electron chi connectivity index (χ3n) is 6.15. The highest BCUT2D eigenvalue weighted by Crippen LogP contribution is 2.41. The Balaban J connectivity index is 1.97. The lowest BCUT2D eigenvalue weighted by molar-refractivity contribution is 0.0519. The van der Waals surface area contributed by atoms with E-state index in [1.54, 1.807) is 13.0 Å². The Morgan fingerprint density at radius 1 is 1.06 bits per heavy atom. The standard InChI is InChI=1S/C30H28ClN3O2/c1-3-5-11-21-16-24(20-12-7-6-8-13-20)26(19-32)29(23-14-9-10-15-27(23)31)25(21)17-22-18-28(34-33-22)30(35)36-4-2/h6-10,12-16,18H,3-5,11,17H2,1-2H3,(H,33,34). The normalized spacial score (nSPS) is 10.7. The van der Waals surface area contributed by atoms with Crippen LogP contribution in [0.3, 0.4) is 0 Å². The summed E-state index contributed by atoms with van der Waals surface area (Å²) < 4.78 is 5.10. The molecule has 0 fully saturated rings. The molecule has 0 radical (unpaired) electrons. The quantitative estimate of drug-likeness (QED) is 0.245. The van der Waals surface area contributed by atoms with Gasteiger partial charge >= 0.3 is 5.97 Å². The van der Waals surface area contributed by atoms with Gasteiger partial charge in [0, 0.05) is 33.8 Å². The summed E-state index contributed by atoms with van der Waals surface area (Å²) in [5, 5.41) is 18.2. The van der Waals surface area contributed by atoms with Crippen molar-refractivity contribution in [3.8, 4) is 28.3 Å². The van der Waals surface area contributed by atoms with Crippen LogP contribution in [0.5, 0.6) is 0 Å². The predicted octanol–water partition coefficient (Wildman–Crippen LogP) is 7.38. The molecule has 0 unspecified atom stereocenters. The minimum atomic E-state index is -0.463. The molecule has 1 heterocycles. The van der Waals surface area contributed by atoms with Crippen LogP contribution >= 0.6 is 11.6 Å². The van der Waals surface area contributed by atoms with Crippen LogP contribution in [0.4, 0.5) is 0 Å². The Kier molecular flexibility index (Phi) is 8.20. The fourth-order valence-corrected chi connectivity index (χ4v) is 4.68. The van der Waals surface area contributed by atoms with E-state index in [4.69, 9.17) is 16.3 Å². The third-order valence-corrected chi connectivity index (χ3v) is 6.48. The largest absolute Gasteiger partial charge is 0.461 e. The van der Waals surface area contributed by atoms with Crippen molar-refractivity contribution in [2.75, 3.05) is 6.61 Å². The maximum Gasteiger partial charge on any atom is 0.358 e. The summed E-state index contributed by atoms with van der Waals surface area (Å²) in [6.45, 7) is 4.21. The second kappa shape index (κ2) is 11.7. The molecule has 4 aromatic rings. The molecule has 4 rings (SSSR count). The minimum absolute atomic E-state index is 0.239. The van der Waals surface area contributed by atoms with Gasteiger partial charge in [0.1, 0.15) is 6.07 Å². The summed E-state index contributed by atoms with van der Waals surface area (Å²) in [6, 6.07) is 23.9. The molecule has 0 spiro atoms. The van der Waals surface area contributed by atoms with Gasteiger partial charge in [0.05, 0.1) is 12.2 Å². The lowest BCUT2D eigenvalue weighted by Gasteiger charge is -2.21. The third kappa shape index (κ3) is 5.35. The highest BCUT2D eigenvalue weighted by atomic mass is 35.5. The molecular formula is C30H28ClN3O2. The van der Waals surface area contributed by atoms with Crippen LogP contribution in [0.2, 0.25) is 5.02 Å². The Morgan fingerprint density at radius 2 is 1.81 bits per heavy atom. The molecule has 182 valence electrons. The van der Waals surface area contributed by atoms with Crippen LogP contribution < -0.4 is 0 Å². The van der Waals surface area contributed by atoms with Crippen molar-refractivity contribution in [2.45, 2.75) is 39.5 Å². The smallest absolute Gasteiger partial charge is 0.358 e. The topological polar surface area (TPSA) is 78.8 Å². The second-order valence-electron chi connectivity index (χ2n) is 8.55. The van der Waals surface area contributed by atoms with Gasteiger partial charge in [-0.25, -0.2) is 4.79 Å². The summed E-state index contributed by atoms with van der Waals surface area (Å²) >= 11 is 6.71. The number of benzene rings is 3. The molecule has 0 saturated heterocycles. The SMILES string of the molecule is CCCCc1cc(-c2ccccc2)c(C#N)c(-c2ccccc2Cl)c1Cc1cc(C(=O)OCC)n[nH]1. The summed E-state index contributed by atoms with van der Waals surface area (Å²) in [6.07, 6.45) is 3.37. The Bertz CT molecular complexity index is 1400. The van der Waals surface area contributed by atoms with Gasteiger partial charge in [-0.3, -0.25) is 5.10 Å². The molecule has 0 atom stereocenters.